The summed E-state index contributed by atoms with van der Waals surface area (Å²) in [5, 5.41) is 4.47. The van der Waals surface area contributed by atoms with Crippen molar-refractivity contribution in [2.75, 3.05) is 44.2 Å². The normalized spacial score (nSPS) is 19.8. The van der Waals surface area contributed by atoms with E-state index >= 15 is 0 Å². The maximum absolute atomic E-state index is 13.7. The summed E-state index contributed by atoms with van der Waals surface area (Å²) in [6, 6.07) is 17.3. The average Bonchev–Trinajstić information content (AvgIpc) is 2.94. The third-order valence-electron chi connectivity index (χ3n) is 7.08. The Balaban J connectivity index is 1.44. The smallest absolute Gasteiger partial charge is 0.316 e. The number of fused-ring (bicyclic) bond motifs is 10. The summed E-state index contributed by atoms with van der Waals surface area (Å²) < 4.78 is 38.0. The summed E-state index contributed by atoms with van der Waals surface area (Å²) >= 11 is 0. The Hall–Kier alpha value is -3.47. The lowest BCUT2D eigenvalue weighted by atomic mass is 10.2. The number of hydrogen-bond acceptors (Lipinski definition) is 6. The summed E-state index contributed by atoms with van der Waals surface area (Å²) in [6.07, 6.45) is 8.07. The molecule has 3 aromatic rings. The largest absolute Gasteiger partial charge is 0.486 e. The van der Waals surface area contributed by atoms with Crippen LogP contribution in [0.4, 0.5) is 5.69 Å². The van der Waals surface area contributed by atoms with Crippen LogP contribution in [-0.2, 0) is 16.8 Å². The minimum atomic E-state index is -3.70. The van der Waals surface area contributed by atoms with Crippen LogP contribution in [0.3, 0.4) is 0 Å². The zero-order chi connectivity index (χ0) is 27.2. The quantitative estimate of drug-likeness (QED) is 0.465. The molecule has 3 aliphatic rings. The number of aryl methyl sites for hydroxylation is 1. The first-order valence-corrected chi connectivity index (χ1v) is 14.8. The molecule has 0 spiro atoms. The van der Waals surface area contributed by atoms with Crippen LogP contribution in [0.5, 0.6) is 5.75 Å². The van der Waals surface area contributed by atoms with Gasteiger partial charge in [-0.25, -0.2) is 0 Å². The predicted octanol–water partition coefficient (Wildman–Crippen LogP) is 3.53. The van der Waals surface area contributed by atoms with Crippen molar-refractivity contribution in [3.05, 3.63) is 94.4 Å². The lowest BCUT2D eigenvalue weighted by Gasteiger charge is -2.37. The number of nitrogens with zero attached hydrogens (tertiary/aromatic N) is 5. The Labute approximate surface area is 230 Å². The molecule has 0 radical (unpaired) electrons. The molecular weight excluding hydrogens is 514 g/mol. The molecule has 3 aliphatic heterocycles. The van der Waals surface area contributed by atoms with Gasteiger partial charge in [0.15, 0.2) is 0 Å². The maximum Gasteiger partial charge on any atom is 0.316 e. The van der Waals surface area contributed by atoms with Crippen molar-refractivity contribution in [1.29, 1.82) is 0 Å². The van der Waals surface area contributed by atoms with Crippen molar-refractivity contribution in [2.45, 2.75) is 32.7 Å². The minimum absolute atomic E-state index is 0.260. The van der Waals surface area contributed by atoms with Crippen molar-refractivity contribution in [2.24, 2.45) is 0 Å². The second-order valence-corrected chi connectivity index (χ2v) is 11.8. The Morgan fingerprint density at radius 2 is 1.74 bits per heavy atom. The van der Waals surface area contributed by atoms with E-state index in [4.69, 9.17) is 4.74 Å². The van der Waals surface area contributed by atoms with Gasteiger partial charge in [0, 0.05) is 39.3 Å². The number of rotatable bonds is 3. The first-order chi connectivity index (χ1) is 18.9. The van der Waals surface area contributed by atoms with Crippen LogP contribution in [0.1, 0.15) is 30.4 Å². The summed E-state index contributed by atoms with van der Waals surface area (Å²) in [6.45, 7) is 4.49. The monoisotopic (exact) mass is 549 g/mol. The molecule has 6 rings (SSSR count). The molecule has 1 saturated heterocycles. The van der Waals surface area contributed by atoms with Crippen LogP contribution >= 0.6 is 0 Å². The van der Waals surface area contributed by atoms with Crippen LogP contribution in [0.15, 0.2) is 77.7 Å². The van der Waals surface area contributed by atoms with Gasteiger partial charge in [0.2, 0.25) is 5.75 Å². The Morgan fingerprint density at radius 3 is 2.51 bits per heavy atom. The molecule has 9 nitrogen and oxygen atoms in total. The molecule has 0 atom stereocenters. The van der Waals surface area contributed by atoms with Gasteiger partial charge in [-0.3, -0.25) is 4.79 Å². The van der Waals surface area contributed by atoms with Crippen LogP contribution in [0, 0.1) is 6.92 Å². The highest BCUT2D eigenvalue weighted by Crippen LogP contribution is 2.27. The van der Waals surface area contributed by atoms with Crippen molar-refractivity contribution in [3.8, 4) is 11.4 Å². The third kappa shape index (κ3) is 6.24. The maximum atomic E-state index is 13.7. The van der Waals surface area contributed by atoms with E-state index in [1.54, 1.807) is 10.5 Å². The van der Waals surface area contributed by atoms with Gasteiger partial charge in [-0.05, 0) is 49.4 Å². The van der Waals surface area contributed by atoms with Gasteiger partial charge >= 0.3 is 5.56 Å². The van der Waals surface area contributed by atoms with Gasteiger partial charge in [0.25, 0.3) is 10.2 Å². The van der Waals surface area contributed by atoms with Crippen molar-refractivity contribution in [1.82, 2.24) is 18.4 Å². The Kier molecular flexibility index (Phi) is 8.44. The highest BCUT2D eigenvalue weighted by atomic mass is 32.2. The van der Waals surface area contributed by atoms with E-state index in [1.807, 2.05) is 78.6 Å². The van der Waals surface area contributed by atoms with Crippen LogP contribution in [0.2, 0.25) is 0 Å². The number of hydrogen-bond donors (Lipinski definition) is 0. The van der Waals surface area contributed by atoms with E-state index in [9.17, 15) is 13.2 Å². The van der Waals surface area contributed by atoms with E-state index in [0.717, 1.165) is 30.4 Å². The molecule has 1 aromatic heterocycles. The standard InChI is InChI=1S/C29H35N5O4S/c1-24-11-10-14-26(21-24)34-29(35)28-27(22-30-34)31-16-18-32(19-17-31)39(36,37)33(23-25-12-6-5-7-13-25)15-8-3-2-4-9-20-38-28/h3,5-8,10-14,21-22H,2,4,9,15-20,23H2,1H3/b8-3+. The summed E-state index contributed by atoms with van der Waals surface area (Å²) in [5.41, 5.74) is 2.95. The molecule has 4 heterocycles. The van der Waals surface area contributed by atoms with Crippen molar-refractivity contribution >= 4 is 15.9 Å². The van der Waals surface area contributed by atoms with E-state index in [0.29, 0.717) is 57.3 Å². The van der Waals surface area contributed by atoms with Gasteiger partial charge < -0.3 is 9.64 Å². The fourth-order valence-corrected chi connectivity index (χ4v) is 6.47. The molecular formula is C29H35N5O4S. The molecule has 2 aromatic carbocycles. The lowest BCUT2D eigenvalue weighted by molar-refractivity contribution is 0.297. The van der Waals surface area contributed by atoms with E-state index in [1.165, 1.54) is 8.99 Å². The first-order valence-electron chi connectivity index (χ1n) is 13.4. The van der Waals surface area contributed by atoms with E-state index in [-0.39, 0.29) is 11.3 Å². The highest BCUT2D eigenvalue weighted by Gasteiger charge is 2.33. The molecule has 10 heteroatoms. The molecule has 0 unspecified atom stereocenters. The molecule has 0 amide bonds. The predicted molar refractivity (Wildman–Crippen MR) is 153 cm³/mol. The van der Waals surface area contributed by atoms with Crippen molar-refractivity contribution < 1.29 is 13.2 Å². The van der Waals surface area contributed by atoms with Crippen LogP contribution in [0.25, 0.3) is 5.69 Å². The number of allylic oxidation sites excluding steroid dienone is 1. The van der Waals surface area contributed by atoms with E-state index in [2.05, 4.69) is 5.10 Å². The average molecular weight is 550 g/mol. The molecule has 39 heavy (non-hydrogen) atoms. The molecule has 1 fully saturated rings. The van der Waals surface area contributed by atoms with E-state index < -0.39 is 10.2 Å². The summed E-state index contributed by atoms with van der Waals surface area (Å²) in [4.78, 5) is 15.6. The zero-order valence-electron chi connectivity index (χ0n) is 22.3. The molecule has 2 bridgehead atoms. The van der Waals surface area contributed by atoms with Crippen molar-refractivity contribution in [3.63, 3.8) is 0 Å². The van der Waals surface area contributed by atoms with Gasteiger partial charge in [-0.2, -0.15) is 26.8 Å². The van der Waals surface area contributed by atoms with Gasteiger partial charge in [0.05, 0.1) is 18.5 Å². The minimum Gasteiger partial charge on any atom is -0.486 e. The van der Waals surface area contributed by atoms with Gasteiger partial charge in [-0.15, -0.1) is 0 Å². The summed E-state index contributed by atoms with van der Waals surface area (Å²) in [7, 11) is -3.70. The number of aromatic nitrogens is 2. The molecule has 0 saturated carbocycles. The van der Waals surface area contributed by atoms with Crippen LogP contribution in [-0.4, -0.2) is 66.1 Å². The Bertz CT molecular complexity index is 1460. The summed E-state index contributed by atoms with van der Waals surface area (Å²) in [5.74, 6) is 0.260. The molecule has 206 valence electrons. The fourth-order valence-electron chi connectivity index (χ4n) is 4.93. The highest BCUT2D eigenvalue weighted by molar-refractivity contribution is 7.86. The zero-order valence-corrected chi connectivity index (χ0v) is 23.1. The fraction of sp³-hybridized carbons (Fsp3) is 0.379. The number of benzene rings is 2. The van der Waals surface area contributed by atoms with Gasteiger partial charge in [-0.1, -0.05) is 54.6 Å². The number of ether oxygens (including phenoxy) is 1. The molecule has 0 aliphatic carbocycles. The Morgan fingerprint density at radius 1 is 0.949 bits per heavy atom. The second kappa shape index (κ2) is 12.1. The SMILES string of the molecule is Cc1cccc(-n2ncc3c(c2=O)OCCCC/C=C/CN(Cc2ccccc2)S(=O)(=O)N2CCN3CC2)c1. The third-order valence-corrected chi connectivity index (χ3v) is 9.03. The van der Waals surface area contributed by atoms with Crippen LogP contribution < -0.4 is 15.2 Å². The second-order valence-electron chi connectivity index (χ2n) is 9.90. The first kappa shape index (κ1) is 27.1. The number of piperazine rings is 1. The molecule has 0 N–H and O–H groups in total. The lowest BCUT2D eigenvalue weighted by Crippen LogP contribution is -2.53. The van der Waals surface area contributed by atoms with Gasteiger partial charge in [0.1, 0.15) is 5.69 Å². The number of anilines is 1. The topological polar surface area (TPSA) is 88.0 Å².